The molecule has 80 valence electrons. The number of hydrogen-bond acceptors (Lipinski definition) is 2. The van der Waals surface area contributed by atoms with E-state index in [2.05, 4.69) is 4.98 Å². The fourth-order valence-corrected chi connectivity index (χ4v) is 1.92. The van der Waals surface area contributed by atoms with Crippen LogP contribution in [0.3, 0.4) is 0 Å². The quantitative estimate of drug-likeness (QED) is 0.588. The van der Waals surface area contributed by atoms with Gasteiger partial charge in [-0.1, -0.05) is 0 Å². The second-order valence-electron chi connectivity index (χ2n) is 3.77. The molecule has 1 aromatic carbocycles. The summed E-state index contributed by atoms with van der Waals surface area (Å²) in [6.45, 7) is 1.84. The maximum absolute atomic E-state index is 13.1. The molecule has 0 amide bonds. The molecule has 0 atom stereocenters. The molecule has 0 aliphatic rings. The third-order valence-electron chi connectivity index (χ3n) is 2.59. The Morgan fingerprint density at radius 2 is 2.06 bits per heavy atom. The van der Waals surface area contributed by atoms with Gasteiger partial charge in [-0.05, 0) is 31.2 Å². The summed E-state index contributed by atoms with van der Waals surface area (Å²) >= 11 is 0. The van der Waals surface area contributed by atoms with Crippen molar-refractivity contribution < 1.29 is 8.81 Å². The maximum Gasteiger partial charge on any atom is 0.360 e. The minimum absolute atomic E-state index is 0.346. The summed E-state index contributed by atoms with van der Waals surface area (Å²) in [5.41, 5.74) is 1.20. The predicted molar refractivity (Wildman–Crippen MR) is 59.0 cm³/mol. The number of aromatic amines is 1. The van der Waals surface area contributed by atoms with Gasteiger partial charge < -0.3 is 9.40 Å². The number of aromatic nitrogens is 1. The maximum atomic E-state index is 13.1. The first kappa shape index (κ1) is 9.15. The van der Waals surface area contributed by atoms with Gasteiger partial charge in [0.2, 0.25) is 0 Å². The molecule has 3 aromatic rings. The minimum atomic E-state index is -0.429. The molecule has 1 N–H and O–H groups in total. The van der Waals surface area contributed by atoms with E-state index in [9.17, 15) is 9.18 Å². The lowest BCUT2D eigenvalue weighted by molar-refractivity contribution is 0.565. The zero-order valence-corrected chi connectivity index (χ0v) is 8.50. The molecule has 0 aliphatic carbocycles. The smallest absolute Gasteiger partial charge is 0.360 e. The van der Waals surface area contributed by atoms with E-state index in [1.165, 1.54) is 18.2 Å². The Morgan fingerprint density at radius 1 is 1.25 bits per heavy atom. The average molecular weight is 217 g/mol. The summed E-state index contributed by atoms with van der Waals surface area (Å²) in [6.07, 6.45) is 0. The van der Waals surface area contributed by atoms with Gasteiger partial charge in [0, 0.05) is 16.5 Å². The van der Waals surface area contributed by atoms with Gasteiger partial charge >= 0.3 is 5.63 Å². The van der Waals surface area contributed by atoms with E-state index in [0.717, 1.165) is 5.69 Å². The van der Waals surface area contributed by atoms with Gasteiger partial charge in [0.1, 0.15) is 16.9 Å². The highest BCUT2D eigenvalue weighted by atomic mass is 19.1. The number of fused-ring (bicyclic) bond motifs is 3. The molecule has 16 heavy (non-hydrogen) atoms. The van der Waals surface area contributed by atoms with Crippen molar-refractivity contribution in [2.75, 3.05) is 0 Å². The van der Waals surface area contributed by atoms with Crippen LogP contribution < -0.4 is 5.63 Å². The van der Waals surface area contributed by atoms with Gasteiger partial charge in [-0.25, -0.2) is 9.18 Å². The summed E-state index contributed by atoms with van der Waals surface area (Å²) in [6, 6.07) is 5.92. The second-order valence-corrected chi connectivity index (χ2v) is 3.77. The second kappa shape index (κ2) is 2.95. The lowest BCUT2D eigenvalue weighted by Gasteiger charge is -1.97. The highest BCUT2D eigenvalue weighted by molar-refractivity contribution is 6.03. The number of hydrogen-bond donors (Lipinski definition) is 1. The van der Waals surface area contributed by atoms with E-state index in [-0.39, 0.29) is 5.82 Å². The molecule has 0 saturated carbocycles. The lowest BCUT2D eigenvalue weighted by Crippen LogP contribution is -1.99. The summed E-state index contributed by atoms with van der Waals surface area (Å²) in [7, 11) is 0. The van der Waals surface area contributed by atoms with Crippen LogP contribution >= 0.6 is 0 Å². The van der Waals surface area contributed by atoms with Crippen molar-refractivity contribution in [3.8, 4) is 0 Å². The van der Waals surface area contributed by atoms with Crippen LogP contribution in [0.15, 0.2) is 33.5 Å². The van der Waals surface area contributed by atoms with Crippen molar-refractivity contribution in [3.63, 3.8) is 0 Å². The number of nitrogens with one attached hydrogen (secondary N) is 1. The largest absolute Gasteiger partial charge is 0.421 e. The molecule has 0 bridgehead atoms. The summed E-state index contributed by atoms with van der Waals surface area (Å²) in [5, 5.41) is 1.31. The normalized spacial score (nSPS) is 11.4. The van der Waals surface area contributed by atoms with Gasteiger partial charge in [-0.2, -0.15) is 0 Å². The average Bonchev–Trinajstić information content (AvgIpc) is 2.62. The zero-order chi connectivity index (χ0) is 11.3. The molecular formula is C12H8FNO2. The van der Waals surface area contributed by atoms with Crippen molar-refractivity contribution in [1.29, 1.82) is 0 Å². The first-order valence-corrected chi connectivity index (χ1v) is 4.87. The van der Waals surface area contributed by atoms with Gasteiger partial charge in [0.05, 0.1) is 0 Å². The van der Waals surface area contributed by atoms with Crippen molar-refractivity contribution in [2.24, 2.45) is 0 Å². The fourth-order valence-electron chi connectivity index (χ4n) is 1.92. The third-order valence-corrected chi connectivity index (χ3v) is 2.59. The summed E-state index contributed by atoms with van der Waals surface area (Å²) in [5.74, 6) is -0.346. The van der Waals surface area contributed by atoms with E-state index in [1.54, 1.807) is 0 Å². The number of aryl methyl sites for hydroxylation is 1. The number of rotatable bonds is 0. The Hall–Kier alpha value is -2.10. The van der Waals surface area contributed by atoms with E-state index >= 15 is 0 Å². The number of halogens is 1. The monoisotopic (exact) mass is 217 g/mol. The van der Waals surface area contributed by atoms with Crippen molar-refractivity contribution in [3.05, 3.63) is 46.2 Å². The SMILES string of the molecule is Cc1cc2c([nH]1)c(=O)oc1ccc(F)cc12. The van der Waals surface area contributed by atoms with Crippen LogP contribution in [0.4, 0.5) is 4.39 Å². The molecule has 0 radical (unpaired) electrons. The fraction of sp³-hybridized carbons (Fsp3) is 0.0833. The zero-order valence-electron chi connectivity index (χ0n) is 8.50. The molecule has 2 aromatic heterocycles. The Labute approximate surface area is 89.5 Å². The van der Waals surface area contributed by atoms with Crippen molar-refractivity contribution in [2.45, 2.75) is 6.92 Å². The predicted octanol–water partition coefficient (Wildman–Crippen LogP) is 2.72. The molecule has 0 fully saturated rings. The van der Waals surface area contributed by atoms with Gasteiger partial charge in [-0.15, -0.1) is 0 Å². The topological polar surface area (TPSA) is 46.0 Å². The van der Waals surface area contributed by atoms with Gasteiger partial charge in [-0.3, -0.25) is 0 Å². The third kappa shape index (κ3) is 1.16. The van der Waals surface area contributed by atoms with E-state index in [1.807, 2.05) is 13.0 Å². The standard InChI is InChI=1S/C12H8FNO2/c1-6-4-9-8-5-7(13)2-3-10(8)16-12(15)11(9)14-6/h2-5,14H,1H3. The first-order chi connectivity index (χ1) is 7.65. The van der Waals surface area contributed by atoms with Crippen LogP contribution in [-0.4, -0.2) is 4.98 Å². The highest BCUT2D eigenvalue weighted by Crippen LogP contribution is 2.23. The van der Waals surface area contributed by atoms with Crippen LogP contribution in [0.25, 0.3) is 21.9 Å². The molecule has 2 heterocycles. The Kier molecular flexibility index (Phi) is 1.68. The molecule has 0 saturated heterocycles. The first-order valence-electron chi connectivity index (χ1n) is 4.87. The Balaban J connectivity index is 2.65. The molecule has 0 aliphatic heterocycles. The van der Waals surface area contributed by atoms with E-state index < -0.39 is 5.63 Å². The Bertz CT molecular complexity index is 755. The van der Waals surface area contributed by atoms with Gasteiger partial charge in [0.25, 0.3) is 0 Å². The molecular weight excluding hydrogens is 209 g/mol. The van der Waals surface area contributed by atoms with Crippen LogP contribution in [0.5, 0.6) is 0 Å². The number of benzene rings is 1. The van der Waals surface area contributed by atoms with Crippen molar-refractivity contribution >= 4 is 21.9 Å². The molecule has 3 rings (SSSR count). The van der Waals surface area contributed by atoms with Gasteiger partial charge in [0.15, 0.2) is 0 Å². The van der Waals surface area contributed by atoms with Crippen LogP contribution in [0, 0.1) is 12.7 Å². The van der Waals surface area contributed by atoms with Crippen LogP contribution in [0.2, 0.25) is 0 Å². The van der Waals surface area contributed by atoms with Crippen molar-refractivity contribution in [1.82, 2.24) is 4.98 Å². The van der Waals surface area contributed by atoms with Crippen LogP contribution in [-0.2, 0) is 0 Å². The van der Waals surface area contributed by atoms with Crippen LogP contribution in [0.1, 0.15) is 5.69 Å². The molecule has 4 heteroatoms. The lowest BCUT2D eigenvalue weighted by atomic mass is 10.1. The number of H-pyrrole nitrogens is 1. The highest BCUT2D eigenvalue weighted by Gasteiger charge is 2.09. The molecule has 3 nitrogen and oxygen atoms in total. The summed E-state index contributed by atoms with van der Waals surface area (Å²) in [4.78, 5) is 14.5. The van der Waals surface area contributed by atoms with E-state index in [4.69, 9.17) is 4.42 Å². The molecule has 0 spiro atoms. The Morgan fingerprint density at radius 3 is 2.88 bits per heavy atom. The van der Waals surface area contributed by atoms with E-state index in [0.29, 0.717) is 21.9 Å². The molecule has 0 unspecified atom stereocenters. The minimum Gasteiger partial charge on any atom is -0.421 e. The summed E-state index contributed by atoms with van der Waals surface area (Å²) < 4.78 is 18.2.